The lowest BCUT2D eigenvalue weighted by Gasteiger charge is -2.05. The Kier molecular flexibility index (Phi) is 4.49. The third-order valence-electron chi connectivity index (χ3n) is 4.50. The molecule has 0 spiro atoms. The van der Waals surface area contributed by atoms with Crippen molar-refractivity contribution in [2.24, 2.45) is 0 Å². The number of hydrogen-bond acceptors (Lipinski definition) is 7. The molecular formula is C21H15N5O3S. The largest absolute Gasteiger partial charge is 0.467 e. The van der Waals surface area contributed by atoms with Crippen LogP contribution in [0, 0.1) is 0 Å². The maximum absolute atomic E-state index is 12.6. The summed E-state index contributed by atoms with van der Waals surface area (Å²) in [7, 11) is 0. The van der Waals surface area contributed by atoms with Crippen LogP contribution in [0.4, 0.5) is 10.8 Å². The Morgan fingerprint density at radius 3 is 2.70 bits per heavy atom. The zero-order chi connectivity index (χ0) is 20.5. The van der Waals surface area contributed by atoms with Crippen LogP contribution in [0.15, 0.2) is 76.1 Å². The summed E-state index contributed by atoms with van der Waals surface area (Å²) in [5.41, 5.74) is 1.71. The topological polar surface area (TPSA) is 102 Å². The predicted octanol–water partition coefficient (Wildman–Crippen LogP) is 3.57. The fraction of sp³-hybridized carbons (Fsp3) is 0.0476. The van der Waals surface area contributed by atoms with E-state index in [1.807, 2.05) is 6.07 Å². The lowest BCUT2D eigenvalue weighted by molar-refractivity contribution is 0.0948. The average molecular weight is 417 g/mol. The first-order valence-corrected chi connectivity index (χ1v) is 9.95. The number of anilines is 2. The van der Waals surface area contributed by atoms with Crippen molar-refractivity contribution in [2.75, 3.05) is 5.32 Å². The first-order valence-electron chi connectivity index (χ1n) is 9.14. The Morgan fingerprint density at radius 2 is 1.90 bits per heavy atom. The van der Waals surface area contributed by atoms with Gasteiger partial charge in [-0.3, -0.25) is 9.59 Å². The van der Waals surface area contributed by atoms with E-state index in [9.17, 15) is 9.59 Å². The van der Waals surface area contributed by atoms with Gasteiger partial charge in [-0.1, -0.05) is 23.5 Å². The molecule has 2 aromatic carbocycles. The minimum atomic E-state index is -0.205. The van der Waals surface area contributed by atoms with Crippen molar-refractivity contribution < 1.29 is 9.21 Å². The average Bonchev–Trinajstić information content (AvgIpc) is 3.42. The van der Waals surface area contributed by atoms with Gasteiger partial charge in [0.05, 0.1) is 23.7 Å². The minimum absolute atomic E-state index is 0.194. The number of aromatic nitrogens is 3. The zero-order valence-corrected chi connectivity index (χ0v) is 16.3. The zero-order valence-electron chi connectivity index (χ0n) is 15.5. The summed E-state index contributed by atoms with van der Waals surface area (Å²) in [5, 5.41) is 11.3. The second kappa shape index (κ2) is 7.45. The van der Waals surface area contributed by atoms with Crippen molar-refractivity contribution in [2.45, 2.75) is 6.54 Å². The number of rotatable bonds is 5. The standard InChI is InChI=1S/C21H15N5O3S/c27-18(22-12-15-4-3-11-29-15)13-7-9-14(10-8-13)23-20-25-26-19(28)16-5-1-2-6-17(16)24-21(26)30-20/h1-11H,12H2,(H,22,27)(H,23,25). The number of amides is 1. The number of furan rings is 1. The van der Waals surface area contributed by atoms with Crippen LogP contribution in [0.2, 0.25) is 0 Å². The second-order valence-corrected chi connectivity index (χ2v) is 7.46. The number of benzene rings is 2. The molecule has 8 nitrogen and oxygen atoms in total. The van der Waals surface area contributed by atoms with Crippen molar-refractivity contribution in [1.82, 2.24) is 19.9 Å². The first kappa shape index (κ1) is 18.1. The quantitative estimate of drug-likeness (QED) is 0.453. The predicted molar refractivity (Wildman–Crippen MR) is 114 cm³/mol. The van der Waals surface area contributed by atoms with E-state index in [4.69, 9.17) is 4.42 Å². The molecule has 0 aliphatic heterocycles. The molecule has 0 radical (unpaired) electrons. The highest BCUT2D eigenvalue weighted by atomic mass is 32.1. The molecular weight excluding hydrogens is 402 g/mol. The number of carbonyl (C=O) groups excluding carboxylic acids is 1. The molecule has 0 fully saturated rings. The Balaban J connectivity index is 1.33. The van der Waals surface area contributed by atoms with Crippen molar-refractivity contribution in [3.8, 4) is 0 Å². The van der Waals surface area contributed by atoms with Gasteiger partial charge in [0, 0.05) is 11.3 Å². The summed E-state index contributed by atoms with van der Waals surface area (Å²) in [4.78, 5) is 29.9. The molecule has 0 unspecified atom stereocenters. The molecule has 0 aliphatic rings. The minimum Gasteiger partial charge on any atom is -0.467 e. The van der Waals surface area contributed by atoms with Crippen LogP contribution >= 0.6 is 11.3 Å². The van der Waals surface area contributed by atoms with Crippen LogP contribution in [0.25, 0.3) is 15.9 Å². The van der Waals surface area contributed by atoms with E-state index in [-0.39, 0.29) is 11.5 Å². The molecule has 0 bridgehead atoms. The Morgan fingerprint density at radius 1 is 1.07 bits per heavy atom. The molecule has 0 saturated heterocycles. The van der Waals surface area contributed by atoms with Crippen LogP contribution in [0.1, 0.15) is 16.1 Å². The van der Waals surface area contributed by atoms with Crippen LogP contribution in [0.5, 0.6) is 0 Å². The Bertz CT molecular complexity index is 1400. The molecule has 0 aliphatic carbocycles. The highest BCUT2D eigenvalue weighted by Crippen LogP contribution is 2.23. The number of nitrogens with one attached hydrogen (secondary N) is 2. The van der Waals surface area contributed by atoms with Crippen LogP contribution in [-0.2, 0) is 6.54 Å². The Labute approximate surface area is 173 Å². The lowest BCUT2D eigenvalue weighted by atomic mass is 10.2. The fourth-order valence-electron chi connectivity index (χ4n) is 3.02. The van der Waals surface area contributed by atoms with E-state index >= 15 is 0 Å². The van der Waals surface area contributed by atoms with Crippen molar-refractivity contribution in [1.29, 1.82) is 0 Å². The van der Waals surface area contributed by atoms with Gasteiger partial charge in [-0.05, 0) is 48.5 Å². The number of nitrogens with zero attached hydrogens (tertiary/aromatic N) is 3. The molecule has 3 aromatic heterocycles. The number of para-hydroxylation sites is 1. The highest BCUT2D eigenvalue weighted by molar-refractivity contribution is 7.20. The fourth-order valence-corrected chi connectivity index (χ4v) is 3.84. The summed E-state index contributed by atoms with van der Waals surface area (Å²) in [6, 6.07) is 17.7. The van der Waals surface area contributed by atoms with Gasteiger partial charge in [-0.15, -0.1) is 5.10 Å². The smallest absolute Gasteiger partial charge is 0.283 e. The van der Waals surface area contributed by atoms with Gasteiger partial charge in [0.2, 0.25) is 10.1 Å². The lowest BCUT2D eigenvalue weighted by Crippen LogP contribution is -2.22. The molecule has 9 heteroatoms. The van der Waals surface area contributed by atoms with Crippen molar-refractivity contribution >= 4 is 43.9 Å². The summed E-state index contributed by atoms with van der Waals surface area (Å²) in [6.45, 7) is 0.327. The van der Waals surface area contributed by atoms with Gasteiger partial charge in [0.15, 0.2) is 0 Å². The van der Waals surface area contributed by atoms with Gasteiger partial charge < -0.3 is 15.1 Å². The van der Waals surface area contributed by atoms with E-state index in [2.05, 4.69) is 20.7 Å². The second-order valence-electron chi connectivity index (χ2n) is 6.50. The Hall–Kier alpha value is -3.98. The molecule has 5 aromatic rings. The first-order chi connectivity index (χ1) is 14.7. The summed E-state index contributed by atoms with van der Waals surface area (Å²) in [5.74, 6) is 0.495. The molecule has 5 rings (SSSR count). The summed E-state index contributed by atoms with van der Waals surface area (Å²) < 4.78 is 6.50. The van der Waals surface area contributed by atoms with Gasteiger partial charge >= 0.3 is 0 Å². The van der Waals surface area contributed by atoms with Gasteiger partial charge in [-0.2, -0.15) is 4.52 Å². The number of carbonyl (C=O) groups is 1. The van der Waals surface area contributed by atoms with E-state index in [0.29, 0.717) is 38.9 Å². The molecule has 1 amide bonds. The van der Waals surface area contributed by atoms with E-state index < -0.39 is 0 Å². The molecule has 2 N–H and O–H groups in total. The van der Waals surface area contributed by atoms with Gasteiger partial charge in [0.1, 0.15) is 5.76 Å². The molecule has 0 atom stereocenters. The van der Waals surface area contributed by atoms with E-state index in [0.717, 1.165) is 5.69 Å². The summed E-state index contributed by atoms with van der Waals surface area (Å²) >= 11 is 1.28. The monoisotopic (exact) mass is 417 g/mol. The third-order valence-corrected chi connectivity index (χ3v) is 5.33. The molecule has 30 heavy (non-hydrogen) atoms. The van der Waals surface area contributed by atoms with Crippen LogP contribution in [-0.4, -0.2) is 20.5 Å². The van der Waals surface area contributed by atoms with Gasteiger partial charge in [-0.25, -0.2) is 4.98 Å². The van der Waals surface area contributed by atoms with E-state index in [1.54, 1.807) is 60.9 Å². The van der Waals surface area contributed by atoms with Crippen molar-refractivity contribution in [3.63, 3.8) is 0 Å². The number of fused-ring (bicyclic) bond motifs is 2. The molecule has 0 saturated carbocycles. The molecule has 148 valence electrons. The van der Waals surface area contributed by atoms with Crippen molar-refractivity contribution in [3.05, 3.63) is 88.6 Å². The maximum Gasteiger partial charge on any atom is 0.283 e. The number of hydrogen-bond donors (Lipinski definition) is 2. The van der Waals surface area contributed by atoms with Gasteiger partial charge in [0.25, 0.3) is 11.5 Å². The maximum atomic E-state index is 12.6. The summed E-state index contributed by atoms with van der Waals surface area (Å²) in [6.07, 6.45) is 1.57. The molecule has 3 heterocycles. The van der Waals surface area contributed by atoms with Crippen LogP contribution < -0.4 is 16.2 Å². The third kappa shape index (κ3) is 3.42. The SMILES string of the molecule is O=C(NCc1ccco1)c1ccc(Nc2nn3c(=O)c4ccccc4nc3s2)cc1. The normalized spacial score (nSPS) is 11.1. The highest BCUT2D eigenvalue weighted by Gasteiger charge is 2.11. The van der Waals surface area contributed by atoms with E-state index in [1.165, 1.54) is 15.9 Å². The van der Waals surface area contributed by atoms with Crippen LogP contribution in [0.3, 0.4) is 0 Å².